The summed E-state index contributed by atoms with van der Waals surface area (Å²) >= 11 is 0. The molecule has 7 nitrogen and oxygen atoms in total. The Bertz CT molecular complexity index is 1080. The molecule has 1 atom stereocenters. The van der Waals surface area contributed by atoms with Gasteiger partial charge in [0, 0.05) is 38.5 Å². The molecule has 1 amide bonds. The number of fused-ring (bicyclic) bond motifs is 1. The van der Waals surface area contributed by atoms with E-state index in [9.17, 15) is 13.2 Å². The number of carbonyl (C=O) groups excluding carboxylic acids is 1. The van der Waals surface area contributed by atoms with E-state index in [1.165, 1.54) is 5.56 Å². The molecule has 170 valence electrons. The normalized spacial score (nSPS) is 19.3. The minimum absolute atomic E-state index is 0.0127. The smallest absolute Gasteiger partial charge is 0.286 e. The zero-order chi connectivity index (χ0) is 22.6. The molecule has 2 heterocycles. The molecule has 4 rings (SSSR count). The van der Waals surface area contributed by atoms with Crippen LogP contribution in [0.3, 0.4) is 0 Å². The molecular formula is C24H30N4O3S. The van der Waals surface area contributed by atoms with E-state index >= 15 is 0 Å². The Labute approximate surface area is 190 Å². The van der Waals surface area contributed by atoms with Crippen molar-refractivity contribution in [2.75, 3.05) is 18.4 Å². The van der Waals surface area contributed by atoms with Crippen molar-refractivity contribution in [3.8, 4) is 0 Å². The molecule has 0 saturated carbocycles. The molecule has 1 fully saturated rings. The van der Waals surface area contributed by atoms with Crippen LogP contribution in [0.15, 0.2) is 63.9 Å². The van der Waals surface area contributed by atoms with E-state index in [1.54, 1.807) is 24.3 Å². The van der Waals surface area contributed by atoms with E-state index in [0.717, 1.165) is 32.5 Å². The highest BCUT2D eigenvalue weighted by atomic mass is 32.2. The summed E-state index contributed by atoms with van der Waals surface area (Å²) in [4.78, 5) is 15.2. The molecule has 1 saturated heterocycles. The van der Waals surface area contributed by atoms with E-state index < -0.39 is 10.0 Å². The second-order valence-corrected chi connectivity index (χ2v) is 10.3. The Morgan fingerprint density at radius 2 is 1.81 bits per heavy atom. The molecule has 2 aromatic carbocycles. The molecule has 0 radical (unpaired) electrons. The number of carbonyl (C=O) groups is 1. The van der Waals surface area contributed by atoms with E-state index in [4.69, 9.17) is 0 Å². The van der Waals surface area contributed by atoms with E-state index in [1.807, 2.05) is 13.0 Å². The minimum atomic E-state index is -3.70. The maximum atomic E-state index is 12.6. The monoisotopic (exact) mass is 454 g/mol. The highest BCUT2D eigenvalue weighted by Gasteiger charge is 2.26. The van der Waals surface area contributed by atoms with Crippen LogP contribution in [0.25, 0.3) is 0 Å². The van der Waals surface area contributed by atoms with Crippen LogP contribution in [-0.4, -0.2) is 44.2 Å². The second kappa shape index (κ2) is 9.83. The second-order valence-electron chi connectivity index (χ2n) is 8.75. The van der Waals surface area contributed by atoms with Crippen LogP contribution in [0, 0.1) is 5.92 Å². The maximum absolute atomic E-state index is 12.6. The summed E-state index contributed by atoms with van der Waals surface area (Å²) in [6.45, 7) is 4.82. The van der Waals surface area contributed by atoms with Gasteiger partial charge in [-0.05, 0) is 36.5 Å². The summed E-state index contributed by atoms with van der Waals surface area (Å²) in [6, 6.07) is 17.4. The van der Waals surface area contributed by atoms with Crippen molar-refractivity contribution in [1.29, 1.82) is 0 Å². The van der Waals surface area contributed by atoms with Crippen LogP contribution < -0.4 is 10.6 Å². The van der Waals surface area contributed by atoms with Gasteiger partial charge in [-0.3, -0.25) is 9.69 Å². The number of benzene rings is 2. The zero-order valence-corrected chi connectivity index (χ0v) is 19.1. The first-order valence-electron chi connectivity index (χ1n) is 11.1. The van der Waals surface area contributed by atoms with Gasteiger partial charge in [0.2, 0.25) is 5.91 Å². The first kappa shape index (κ1) is 22.5. The Morgan fingerprint density at radius 3 is 2.56 bits per heavy atom. The fourth-order valence-corrected chi connectivity index (χ4v) is 5.49. The van der Waals surface area contributed by atoms with Gasteiger partial charge in [-0.2, -0.15) is 8.42 Å². The van der Waals surface area contributed by atoms with Crippen LogP contribution in [0.2, 0.25) is 0 Å². The van der Waals surface area contributed by atoms with Crippen LogP contribution in [-0.2, 0) is 21.4 Å². The molecule has 2 aliphatic rings. The standard InChI is InChI=1S/C24H30N4O3S/c1-18(15-23-26-21-9-5-6-10-22(21)32(30,31)27-23)16-24(29)25-20-11-13-28(14-12-20)17-19-7-3-2-4-8-19/h2-10,18,20H,11-17H2,1H3,(H,25,29)(H,26,27)/t18-/m0/s1. The number of hydrogen-bond acceptors (Lipinski definition) is 5. The molecule has 2 aliphatic heterocycles. The Hall–Kier alpha value is -2.71. The van der Waals surface area contributed by atoms with Crippen molar-refractivity contribution in [2.45, 2.75) is 50.1 Å². The highest BCUT2D eigenvalue weighted by Crippen LogP contribution is 2.28. The lowest BCUT2D eigenvalue weighted by Gasteiger charge is -2.32. The third-order valence-electron chi connectivity index (χ3n) is 5.95. The first-order chi connectivity index (χ1) is 15.4. The van der Waals surface area contributed by atoms with Crippen molar-refractivity contribution in [2.24, 2.45) is 10.3 Å². The van der Waals surface area contributed by atoms with E-state index in [2.05, 4.69) is 44.2 Å². The molecule has 0 spiro atoms. The van der Waals surface area contributed by atoms with Gasteiger partial charge in [-0.15, -0.1) is 4.40 Å². The van der Waals surface area contributed by atoms with E-state index in [0.29, 0.717) is 24.4 Å². The Kier molecular flexibility index (Phi) is 6.91. The Balaban J connectivity index is 1.22. The third kappa shape index (κ3) is 5.75. The zero-order valence-electron chi connectivity index (χ0n) is 18.3. The van der Waals surface area contributed by atoms with Crippen molar-refractivity contribution in [3.63, 3.8) is 0 Å². The van der Waals surface area contributed by atoms with Crippen LogP contribution in [0.4, 0.5) is 5.69 Å². The fraction of sp³-hybridized carbons (Fsp3) is 0.417. The van der Waals surface area contributed by atoms with Gasteiger partial charge in [0.05, 0.1) is 5.69 Å². The number of amidine groups is 1. The molecule has 0 aliphatic carbocycles. The molecule has 0 aromatic heterocycles. The topological polar surface area (TPSA) is 90.9 Å². The number of sulfonamides is 1. The number of piperidine rings is 1. The number of anilines is 1. The van der Waals surface area contributed by atoms with Gasteiger partial charge in [0.25, 0.3) is 10.0 Å². The van der Waals surface area contributed by atoms with Gasteiger partial charge >= 0.3 is 0 Å². The summed E-state index contributed by atoms with van der Waals surface area (Å²) < 4.78 is 28.7. The van der Waals surface area contributed by atoms with Crippen molar-refractivity contribution >= 4 is 27.5 Å². The highest BCUT2D eigenvalue weighted by molar-refractivity contribution is 7.90. The molecular weight excluding hydrogens is 424 g/mol. The number of likely N-dealkylation sites (tertiary alicyclic amines) is 1. The predicted molar refractivity (Wildman–Crippen MR) is 126 cm³/mol. The van der Waals surface area contributed by atoms with Gasteiger partial charge in [0.15, 0.2) is 0 Å². The average Bonchev–Trinajstić information content (AvgIpc) is 2.75. The van der Waals surface area contributed by atoms with E-state index in [-0.39, 0.29) is 22.8 Å². The first-order valence-corrected chi connectivity index (χ1v) is 12.6. The molecule has 32 heavy (non-hydrogen) atoms. The lowest BCUT2D eigenvalue weighted by molar-refractivity contribution is -0.122. The number of para-hydroxylation sites is 1. The summed E-state index contributed by atoms with van der Waals surface area (Å²) in [5.74, 6) is 0.372. The largest absolute Gasteiger partial charge is 0.353 e. The average molecular weight is 455 g/mol. The quantitative estimate of drug-likeness (QED) is 0.669. The summed E-state index contributed by atoms with van der Waals surface area (Å²) in [6.07, 6.45) is 2.62. The van der Waals surface area contributed by atoms with Crippen LogP contribution in [0.5, 0.6) is 0 Å². The number of hydrogen-bond donors (Lipinski definition) is 2. The van der Waals surface area contributed by atoms with Crippen molar-refractivity contribution in [1.82, 2.24) is 10.2 Å². The maximum Gasteiger partial charge on any atom is 0.286 e. The van der Waals surface area contributed by atoms with Gasteiger partial charge in [-0.25, -0.2) is 0 Å². The van der Waals surface area contributed by atoms with Crippen molar-refractivity contribution in [3.05, 3.63) is 60.2 Å². The van der Waals surface area contributed by atoms with Gasteiger partial charge in [0.1, 0.15) is 10.7 Å². The molecule has 2 aromatic rings. The van der Waals surface area contributed by atoms with Crippen LogP contribution in [0.1, 0.15) is 38.2 Å². The van der Waals surface area contributed by atoms with Crippen LogP contribution >= 0.6 is 0 Å². The third-order valence-corrected chi connectivity index (χ3v) is 7.32. The van der Waals surface area contributed by atoms with Crippen molar-refractivity contribution < 1.29 is 13.2 Å². The Morgan fingerprint density at radius 1 is 1.12 bits per heavy atom. The van der Waals surface area contributed by atoms with Gasteiger partial charge in [-0.1, -0.05) is 49.4 Å². The lowest BCUT2D eigenvalue weighted by atomic mass is 10.0. The SMILES string of the molecule is C[C@H](CC(=O)NC1CCN(Cc2ccccc2)CC1)CC1=NS(=O)(=O)c2ccccc2N1. The van der Waals surface area contributed by atoms with Gasteiger partial charge < -0.3 is 10.6 Å². The molecule has 0 bridgehead atoms. The minimum Gasteiger partial charge on any atom is -0.353 e. The summed E-state index contributed by atoms with van der Waals surface area (Å²) in [7, 11) is -3.70. The number of nitrogens with zero attached hydrogens (tertiary/aromatic N) is 2. The number of amides is 1. The molecule has 0 unspecified atom stereocenters. The fourth-order valence-electron chi connectivity index (χ4n) is 4.34. The lowest BCUT2D eigenvalue weighted by Crippen LogP contribution is -2.44. The summed E-state index contributed by atoms with van der Waals surface area (Å²) in [5, 5.41) is 6.26. The summed E-state index contributed by atoms with van der Waals surface area (Å²) in [5.41, 5.74) is 1.85. The number of nitrogens with one attached hydrogen (secondary N) is 2. The number of rotatable bonds is 7. The molecule has 2 N–H and O–H groups in total. The predicted octanol–water partition coefficient (Wildman–Crippen LogP) is 3.40. The molecule has 8 heteroatoms.